The summed E-state index contributed by atoms with van der Waals surface area (Å²) in [5.41, 5.74) is -0.916. The molecule has 1 rings (SSSR count). The van der Waals surface area contributed by atoms with Gasteiger partial charge in [-0.05, 0) is 32.0 Å². The maximum atomic E-state index is 13.3. The SMILES string of the molecule is COC(C)(C)CC(=O)c1cc(F)ccc1F. The van der Waals surface area contributed by atoms with Crippen LogP contribution in [0.25, 0.3) is 0 Å². The van der Waals surface area contributed by atoms with Gasteiger partial charge >= 0.3 is 0 Å². The zero-order valence-electron chi connectivity index (χ0n) is 9.51. The maximum Gasteiger partial charge on any atom is 0.168 e. The molecule has 88 valence electrons. The summed E-state index contributed by atoms with van der Waals surface area (Å²) in [7, 11) is 1.47. The van der Waals surface area contributed by atoms with Gasteiger partial charge in [0.15, 0.2) is 5.78 Å². The fourth-order valence-electron chi connectivity index (χ4n) is 1.27. The number of rotatable bonds is 4. The highest BCUT2D eigenvalue weighted by Crippen LogP contribution is 2.19. The molecular formula is C12H14F2O2. The number of hydrogen-bond acceptors (Lipinski definition) is 2. The molecule has 0 aliphatic carbocycles. The van der Waals surface area contributed by atoms with Crippen LogP contribution in [0.2, 0.25) is 0 Å². The molecule has 0 N–H and O–H groups in total. The molecule has 0 aromatic heterocycles. The van der Waals surface area contributed by atoms with E-state index in [0.717, 1.165) is 18.2 Å². The van der Waals surface area contributed by atoms with E-state index in [0.29, 0.717) is 0 Å². The molecule has 0 saturated heterocycles. The first-order valence-electron chi connectivity index (χ1n) is 4.89. The first-order valence-corrected chi connectivity index (χ1v) is 4.89. The molecule has 0 saturated carbocycles. The molecule has 0 aliphatic rings. The van der Waals surface area contributed by atoms with Crippen LogP contribution in [0.4, 0.5) is 8.78 Å². The standard InChI is InChI=1S/C12H14F2O2/c1-12(2,16-3)7-11(15)9-6-8(13)4-5-10(9)14/h4-6H,7H2,1-3H3. The van der Waals surface area contributed by atoms with Crippen LogP contribution < -0.4 is 0 Å². The van der Waals surface area contributed by atoms with Crippen LogP contribution in [0.3, 0.4) is 0 Å². The van der Waals surface area contributed by atoms with E-state index in [1.807, 2.05) is 0 Å². The van der Waals surface area contributed by atoms with E-state index in [1.165, 1.54) is 7.11 Å². The lowest BCUT2D eigenvalue weighted by molar-refractivity contribution is 0.0171. The van der Waals surface area contributed by atoms with Crippen molar-refractivity contribution in [1.82, 2.24) is 0 Å². The number of Topliss-reactive ketones (excluding diaryl/α,β-unsaturated/α-hetero) is 1. The zero-order valence-corrected chi connectivity index (χ0v) is 9.51. The molecule has 0 amide bonds. The van der Waals surface area contributed by atoms with Crippen molar-refractivity contribution in [2.45, 2.75) is 25.9 Å². The van der Waals surface area contributed by atoms with Crippen molar-refractivity contribution >= 4 is 5.78 Å². The lowest BCUT2D eigenvalue weighted by Gasteiger charge is -2.21. The van der Waals surface area contributed by atoms with E-state index in [1.54, 1.807) is 13.8 Å². The number of benzene rings is 1. The normalized spacial score (nSPS) is 11.6. The number of carbonyl (C=O) groups excluding carboxylic acids is 1. The summed E-state index contributed by atoms with van der Waals surface area (Å²) in [5.74, 6) is -1.80. The predicted molar refractivity (Wildman–Crippen MR) is 56.4 cm³/mol. The van der Waals surface area contributed by atoms with Crippen molar-refractivity contribution in [3.8, 4) is 0 Å². The van der Waals surface area contributed by atoms with Gasteiger partial charge in [0, 0.05) is 13.5 Å². The third kappa shape index (κ3) is 3.10. The van der Waals surface area contributed by atoms with Gasteiger partial charge in [0.1, 0.15) is 11.6 Å². The third-order valence-corrected chi connectivity index (χ3v) is 2.37. The van der Waals surface area contributed by atoms with Gasteiger partial charge in [0.2, 0.25) is 0 Å². The summed E-state index contributed by atoms with van der Waals surface area (Å²) < 4.78 is 31.2. The minimum absolute atomic E-state index is 0.00384. The second-order valence-electron chi connectivity index (χ2n) is 4.19. The largest absolute Gasteiger partial charge is 0.378 e. The van der Waals surface area contributed by atoms with Crippen molar-refractivity contribution < 1.29 is 18.3 Å². The van der Waals surface area contributed by atoms with E-state index < -0.39 is 23.0 Å². The molecule has 0 heterocycles. The lowest BCUT2D eigenvalue weighted by Crippen LogP contribution is -2.26. The average molecular weight is 228 g/mol. The summed E-state index contributed by atoms with van der Waals surface area (Å²) in [6.45, 7) is 3.42. The van der Waals surface area contributed by atoms with Crippen molar-refractivity contribution in [1.29, 1.82) is 0 Å². The van der Waals surface area contributed by atoms with E-state index in [9.17, 15) is 13.6 Å². The lowest BCUT2D eigenvalue weighted by atomic mass is 9.97. The molecular weight excluding hydrogens is 214 g/mol. The number of carbonyl (C=O) groups is 1. The Balaban J connectivity index is 2.93. The second kappa shape index (κ2) is 4.70. The van der Waals surface area contributed by atoms with Crippen molar-refractivity contribution in [2.24, 2.45) is 0 Å². The Morgan fingerprint density at radius 3 is 2.56 bits per heavy atom. The summed E-state index contributed by atoms with van der Waals surface area (Å²) in [4.78, 5) is 11.7. The quantitative estimate of drug-likeness (QED) is 0.740. The summed E-state index contributed by atoms with van der Waals surface area (Å²) in [5, 5.41) is 0. The predicted octanol–water partition coefficient (Wildman–Crippen LogP) is 2.96. The molecule has 0 aliphatic heterocycles. The molecule has 0 spiro atoms. The number of hydrogen-bond donors (Lipinski definition) is 0. The van der Waals surface area contributed by atoms with E-state index in [2.05, 4.69) is 0 Å². The van der Waals surface area contributed by atoms with Gasteiger partial charge in [-0.25, -0.2) is 8.78 Å². The van der Waals surface area contributed by atoms with Gasteiger partial charge in [-0.1, -0.05) is 0 Å². The van der Waals surface area contributed by atoms with E-state index in [4.69, 9.17) is 4.74 Å². The van der Waals surface area contributed by atoms with Crippen molar-refractivity contribution in [3.63, 3.8) is 0 Å². The fourth-order valence-corrected chi connectivity index (χ4v) is 1.27. The summed E-state index contributed by atoms with van der Waals surface area (Å²) in [6, 6.07) is 2.83. The van der Waals surface area contributed by atoms with Crippen LogP contribution in [-0.4, -0.2) is 18.5 Å². The Morgan fingerprint density at radius 1 is 1.38 bits per heavy atom. The minimum Gasteiger partial charge on any atom is -0.378 e. The molecule has 0 radical (unpaired) electrons. The molecule has 0 bridgehead atoms. The molecule has 0 atom stereocenters. The number of methoxy groups -OCH3 is 1. The topological polar surface area (TPSA) is 26.3 Å². The molecule has 1 aromatic rings. The maximum absolute atomic E-state index is 13.3. The smallest absolute Gasteiger partial charge is 0.168 e. The van der Waals surface area contributed by atoms with Crippen LogP contribution in [-0.2, 0) is 4.74 Å². The van der Waals surface area contributed by atoms with Gasteiger partial charge in [-0.15, -0.1) is 0 Å². The minimum atomic E-state index is -0.710. The van der Waals surface area contributed by atoms with E-state index in [-0.39, 0.29) is 12.0 Å². The zero-order chi connectivity index (χ0) is 12.3. The van der Waals surface area contributed by atoms with Crippen molar-refractivity contribution in [3.05, 3.63) is 35.4 Å². The number of halogens is 2. The average Bonchev–Trinajstić information content (AvgIpc) is 2.21. The summed E-state index contributed by atoms with van der Waals surface area (Å²) >= 11 is 0. The van der Waals surface area contributed by atoms with Crippen LogP contribution in [0.1, 0.15) is 30.6 Å². The monoisotopic (exact) mass is 228 g/mol. The third-order valence-electron chi connectivity index (χ3n) is 2.37. The molecule has 16 heavy (non-hydrogen) atoms. The molecule has 2 nitrogen and oxygen atoms in total. The highest BCUT2D eigenvalue weighted by molar-refractivity contribution is 5.96. The van der Waals surface area contributed by atoms with Gasteiger partial charge < -0.3 is 4.74 Å². The molecule has 0 unspecified atom stereocenters. The van der Waals surface area contributed by atoms with Gasteiger partial charge in [-0.2, -0.15) is 0 Å². The number of ketones is 1. The van der Waals surface area contributed by atoms with Crippen LogP contribution in [0, 0.1) is 11.6 Å². The second-order valence-corrected chi connectivity index (χ2v) is 4.19. The highest BCUT2D eigenvalue weighted by atomic mass is 19.1. The number of ether oxygens (including phenoxy) is 1. The molecule has 0 fully saturated rings. The Morgan fingerprint density at radius 2 is 2.00 bits per heavy atom. The Labute approximate surface area is 93.2 Å². The van der Waals surface area contributed by atoms with Crippen LogP contribution in [0.5, 0.6) is 0 Å². The van der Waals surface area contributed by atoms with Gasteiger partial charge in [-0.3, -0.25) is 4.79 Å². The molecule has 4 heteroatoms. The van der Waals surface area contributed by atoms with Crippen LogP contribution in [0.15, 0.2) is 18.2 Å². The Hall–Kier alpha value is -1.29. The Kier molecular flexibility index (Phi) is 3.75. The van der Waals surface area contributed by atoms with Gasteiger partial charge in [0.05, 0.1) is 11.2 Å². The first-order chi connectivity index (χ1) is 7.35. The van der Waals surface area contributed by atoms with Crippen LogP contribution >= 0.6 is 0 Å². The fraction of sp³-hybridized carbons (Fsp3) is 0.417. The molecule has 1 aromatic carbocycles. The first kappa shape index (κ1) is 12.8. The van der Waals surface area contributed by atoms with Crippen molar-refractivity contribution in [2.75, 3.05) is 7.11 Å². The Bertz CT molecular complexity index is 400. The highest BCUT2D eigenvalue weighted by Gasteiger charge is 2.23. The van der Waals surface area contributed by atoms with Gasteiger partial charge in [0.25, 0.3) is 0 Å². The van der Waals surface area contributed by atoms with E-state index >= 15 is 0 Å². The summed E-state index contributed by atoms with van der Waals surface area (Å²) in [6.07, 6.45) is 0.00384.